The molecular weight excluding hydrogens is 1940 g/mol. The number of anilines is 5. The molecule has 44 heteroatoms. The Kier molecular flexibility index (Phi) is 38.5. The Balaban J connectivity index is 0.000000190. The molecule has 0 bridgehead atoms. The topological polar surface area (TPSA) is 451 Å². The number of aliphatic hydroxyl groups is 1. The minimum absolute atomic E-state index is 0. The molecule has 0 saturated carbocycles. The number of amidine groups is 8. The Morgan fingerprint density at radius 3 is 1.26 bits per heavy atom. The van der Waals surface area contributed by atoms with Crippen molar-refractivity contribution in [3.63, 3.8) is 0 Å². The third-order valence-corrected chi connectivity index (χ3v) is 21.9. The van der Waals surface area contributed by atoms with Crippen LogP contribution in [0.15, 0.2) is 289 Å². The number of aliphatic hydroxyl groups excluding tert-OH is 1. The summed E-state index contributed by atoms with van der Waals surface area (Å²) in [5, 5.41) is 42.4. The van der Waals surface area contributed by atoms with E-state index < -0.39 is 47.2 Å². The van der Waals surface area contributed by atoms with E-state index in [1.54, 1.807) is 94.1 Å². The third-order valence-electron chi connectivity index (χ3n) is 21.7. The first-order chi connectivity index (χ1) is 70.7. The molecule has 6 heterocycles. The van der Waals surface area contributed by atoms with E-state index in [0.29, 0.717) is 80.3 Å². The number of rotatable bonds is 35. The first-order valence-corrected chi connectivity index (χ1v) is 45.2. The van der Waals surface area contributed by atoms with Crippen molar-refractivity contribution < 1.29 is 98.5 Å². The van der Waals surface area contributed by atoms with Gasteiger partial charge in [-0.1, -0.05) is 62.9 Å². The molecular formula is C104H105ClF4N22O17. The lowest BCUT2D eigenvalue weighted by molar-refractivity contribution is -0.114. The first kappa shape index (κ1) is 110. The number of hydrazone groups is 8. The highest BCUT2D eigenvalue weighted by atomic mass is 35.5. The SMILES string of the molecule is C.C=C1C=Cc2ccc(O/C=C/C(=O)N(C)c3cccc(F)c3C3=NNC(C(C)=O)=NN3)cc2O1.CC(=O)C1=NNC(c2c(F)cccc2N(C)C(=O)/C=C/Oc2ccc(C)cc2)=NN1.CCCN(CCCl)c1ccc(O/C=C/C(=O)N(C)c2cccc(F)c2C2=NNC(C(C)=O)=NN2)cc1.COc1ccc(-c2ocnc2-c2cc(OC)c(C)c(OC)c2)cc1O/C=C/C(O)N(C)c1cccc(F)c1C1=NNC(C(C)=O)=NN1. The molecule has 768 valence electrons. The maximum Gasteiger partial charge on any atom is 0.253 e. The van der Waals surface area contributed by atoms with E-state index in [2.05, 4.69) is 108 Å². The summed E-state index contributed by atoms with van der Waals surface area (Å²) in [7, 11) is 10.7. The molecule has 1 aromatic heterocycles. The summed E-state index contributed by atoms with van der Waals surface area (Å²) < 4.78 is 109. The Morgan fingerprint density at radius 2 is 0.858 bits per heavy atom. The summed E-state index contributed by atoms with van der Waals surface area (Å²) in [6.45, 7) is 16.6. The zero-order valence-corrected chi connectivity index (χ0v) is 82.5. The average molecular weight is 2050 g/mol. The molecule has 0 saturated heterocycles. The number of halogens is 5. The molecule has 1 atom stereocenters. The fourth-order valence-electron chi connectivity index (χ4n) is 14.0. The lowest BCUT2D eigenvalue weighted by atomic mass is 10.0. The molecule has 0 radical (unpaired) electrons. The van der Waals surface area contributed by atoms with Crippen LogP contribution in [-0.2, 0) is 33.6 Å². The second kappa shape index (κ2) is 51.9. The van der Waals surface area contributed by atoms with Gasteiger partial charge in [0, 0.05) is 127 Å². The number of amides is 3. The molecule has 39 nitrogen and oxygen atoms in total. The van der Waals surface area contributed by atoms with E-state index in [9.17, 15) is 51.8 Å². The zero-order chi connectivity index (χ0) is 106. The average Bonchev–Trinajstić information content (AvgIpc) is 1.73. The van der Waals surface area contributed by atoms with Gasteiger partial charge in [-0.2, -0.15) is 40.8 Å². The molecule has 15 rings (SSSR count). The number of aromatic nitrogens is 1. The molecule has 0 aliphatic carbocycles. The lowest BCUT2D eigenvalue weighted by Gasteiger charge is -2.26. The molecule has 5 aliphatic heterocycles. The quantitative estimate of drug-likeness (QED) is 0.00585. The van der Waals surface area contributed by atoms with E-state index in [-0.39, 0.29) is 117 Å². The van der Waals surface area contributed by atoms with Crippen LogP contribution in [0.1, 0.15) is 87.4 Å². The fraction of sp³-hybridized carbons (Fsp3) is 0.192. The number of ketones is 4. The number of methoxy groups -OCH3 is 3. The number of hydrogen-bond donors (Lipinski definition) is 9. The number of nitrogens with one attached hydrogen (secondary N) is 8. The number of Topliss-reactive ketones (excluding diaryl/α,β-unsaturated/α-hetero) is 4. The Hall–Kier alpha value is -18.6. The van der Waals surface area contributed by atoms with Crippen LogP contribution in [0.2, 0.25) is 0 Å². The standard InChI is InChI=1S/C33H33FN6O7.C25H28ClFN6O3.C24H20FN5O4.C21H20FN5O3.CH4/c1-18-25(44-5)15-21(16-26(18)45-6)30-31(47-17-35-30)20-10-11-24(43-4)27(14-20)46-13-12-28(42)40(3)23-9-7-8-22(34)29(23)33-38-36-32(19(2)41)37-39-33;1-4-14-33(15-13-26)18-8-10-19(11-9-18)36-16-12-22(35)32(3)21-7-5-6-20(27)23(21)25-30-28-24(17(2)34)29-31-25;1-14-7-8-16-9-10-17(13-20(16)34-14)33-12-11-21(32)30(3)19-6-4-5-18(25)22(19)24-28-26-23(15(2)31)27-29-24;1-13-7-9-15(10-8-13)30-12-11-18(29)27(3)17-6-4-5-16(22)19(17)21-25-23-20(14(2)28)24-26-21;/h7-17,28,42H,1-6H3,(H,36,37)(H,38,39);5-12,16H,4,13-15H2,1-3H3,(H,28,29)(H,30,31);4-13H,1H2,2-3H3,(H,26,27)(H,28,29);4-12H,1-3H3,(H,23,24)(H,25,26);1H4/b13-12+;16-12+;2*12-11+;. The van der Waals surface area contributed by atoms with Gasteiger partial charge in [-0.25, -0.2) is 22.5 Å². The van der Waals surface area contributed by atoms with Gasteiger partial charge in [-0.15, -0.1) is 11.6 Å². The van der Waals surface area contributed by atoms with Crippen LogP contribution in [0.4, 0.5) is 46.0 Å². The smallest absolute Gasteiger partial charge is 0.253 e. The Labute approximate surface area is 853 Å². The van der Waals surface area contributed by atoms with Crippen molar-refractivity contribution in [3.05, 3.63) is 306 Å². The van der Waals surface area contributed by atoms with Crippen LogP contribution in [0.3, 0.4) is 0 Å². The van der Waals surface area contributed by atoms with E-state index in [1.807, 2.05) is 74.5 Å². The van der Waals surface area contributed by atoms with Crippen LogP contribution in [0.25, 0.3) is 28.7 Å². The minimum Gasteiger partial charge on any atom is -0.496 e. The second-order valence-electron chi connectivity index (χ2n) is 31.7. The van der Waals surface area contributed by atoms with Crippen molar-refractivity contribution >= 4 is 134 Å². The number of carbonyl (C=O) groups is 7. The van der Waals surface area contributed by atoms with Gasteiger partial charge in [0.15, 0.2) is 70.1 Å². The molecule has 9 N–H and O–H groups in total. The van der Waals surface area contributed by atoms with E-state index in [4.69, 9.17) is 53.9 Å². The predicted molar refractivity (Wildman–Crippen MR) is 558 cm³/mol. The van der Waals surface area contributed by atoms with Crippen molar-refractivity contribution in [1.82, 2.24) is 48.4 Å². The molecule has 10 aromatic rings. The van der Waals surface area contributed by atoms with Crippen LogP contribution in [0, 0.1) is 37.1 Å². The van der Waals surface area contributed by atoms with Crippen molar-refractivity contribution in [2.75, 3.05) is 93.0 Å². The summed E-state index contributed by atoms with van der Waals surface area (Å²) in [5.41, 5.74) is 27.1. The van der Waals surface area contributed by atoms with Gasteiger partial charge >= 0.3 is 0 Å². The largest absolute Gasteiger partial charge is 0.496 e. The van der Waals surface area contributed by atoms with Crippen molar-refractivity contribution in [2.24, 2.45) is 40.8 Å². The number of allylic oxidation sites excluding steroid dienone is 1. The Morgan fingerprint density at radius 1 is 0.459 bits per heavy atom. The summed E-state index contributed by atoms with van der Waals surface area (Å²) in [6.07, 6.45) is 14.8. The number of ether oxygens (including phenoxy) is 8. The van der Waals surface area contributed by atoms with Crippen LogP contribution >= 0.6 is 11.6 Å². The fourth-order valence-corrected chi connectivity index (χ4v) is 14.2. The summed E-state index contributed by atoms with van der Waals surface area (Å²) in [5.74, 6) is 0.635. The zero-order valence-electron chi connectivity index (χ0n) is 81.8. The minimum atomic E-state index is -1.26. The van der Waals surface area contributed by atoms with Crippen LogP contribution in [-0.4, -0.2) is 172 Å². The number of nitrogens with zero attached hydrogens (tertiary/aromatic N) is 14. The monoisotopic (exact) mass is 2040 g/mol. The third kappa shape index (κ3) is 27.9. The molecule has 0 fully saturated rings. The Bertz CT molecular complexity index is 7050. The van der Waals surface area contributed by atoms with Crippen molar-refractivity contribution in [2.45, 2.75) is 68.5 Å². The van der Waals surface area contributed by atoms with Gasteiger partial charge in [0.1, 0.15) is 75.4 Å². The van der Waals surface area contributed by atoms with E-state index in [1.165, 1.54) is 180 Å². The highest BCUT2D eigenvalue weighted by Gasteiger charge is 2.30. The lowest BCUT2D eigenvalue weighted by Crippen LogP contribution is -2.39. The maximum atomic E-state index is 15.0. The van der Waals surface area contributed by atoms with Crippen LogP contribution in [0.5, 0.6) is 46.0 Å². The van der Waals surface area contributed by atoms with E-state index >= 15 is 4.39 Å². The number of hydrogen-bond acceptors (Lipinski definition) is 36. The first-order valence-electron chi connectivity index (χ1n) is 44.7. The van der Waals surface area contributed by atoms with Gasteiger partial charge in [-0.05, 0) is 166 Å². The molecule has 5 aliphatic rings. The van der Waals surface area contributed by atoms with Crippen molar-refractivity contribution in [3.8, 4) is 68.6 Å². The number of likely N-dealkylation sites (N-methyl/N-ethyl adjacent to an activating group) is 4. The molecule has 9 aromatic carbocycles. The number of aryl methyl sites for hydroxylation is 1. The predicted octanol–water partition coefficient (Wildman–Crippen LogP) is 14.3. The van der Waals surface area contributed by atoms with Crippen LogP contribution < -0.4 is 106 Å². The molecule has 1 unspecified atom stereocenters. The summed E-state index contributed by atoms with van der Waals surface area (Å²) >= 11 is 5.90. The number of oxazole rings is 1. The summed E-state index contributed by atoms with van der Waals surface area (Å²) in [6, 6.07) is 46.2. The molecule has 148 heavy (non-hydrogen) atoms. The second-order valence-corrected chi connectivity index (χ2v) is 32.1. The van der Waals surface area contributed by atoms with E-state index in [0.717, 1.165) is 47.5 Å². The van der Waals surface area contributed by atoms with Gasteiger partial charge in [0.05, 0.1) is 91.4 Å². The summed E-state index contributed by atoms with van der Waals surface area (Å²) in [4.78, 5) is 95.6. The number of fused-ring (bicyclic) bond motifs is 1. The van der Waals surface area contributed by atoms with Gasteiger partial charge in [0.25, 0.3) is 17.7 Å². The van der Waals surface area contributed by atoms with Crippen molar-refractivity contribution in [1.29, 1.82) is 0 Å². The highest BCUT2D eigenvalue weighted by Crippen LogP contribution is 2.42. The maximum absolute atomic E-state index is 15.0. The number of carbonyl (C=O) groups excluding carboxylic acids is 7. The molecule has 3 amide bonds. The molecule has 0 spiro atoms. The van der Waals surface area contributed by atoms with Gasteiger partial charge < -0.3 is 71.9 Å². The number of benzene rings is 9. The normalized spacial score (nSPS) is 13.2. The highest BCUT2D eigenvalue weighted by molar-refractivity contribution is 6.40. The van der Waals surface area contributed by atoms with Gasteiger partial charge in [-0.3, -0.25) is 77.0 Å². The van der Waals surface area contributed by atoms with Gasteiger partial charge in [0.2, 0.25) is 23.3 Å². The number of alkyl halides is 1.